The Labute approximate surface area is 129 Å². The van der Waals surface area contributed by atoms with Crippen LogP contribution in [0.5, 0.6) is 0 Å². The average Bonchev–Trinajstić information content (AvgIpc) is 2.56. The maximum atomic E-state index is 3.61. The summed E-state index contributed by atoms with van der Waals surface area (Å²) in [5.41, 5.74) is 5.41. The van der Waals surface area contributed by atoms with Crippen molar-refractivity contribution in [2.45, 2.75) is 46.1 Å². The highest BCUT2D eigenvalue weighted by atomic mass is 14.9. The van der Waals surface area contributed by atoms with E-state index >= 15 is 0 Å². The third-order valence-electron chi connectivity index (χ3n) is 4.03. The van der Waals surface area contributed by atoms with Gasteiger partial charge in [0.1, 0.15) is 0 Å². The van der Waals surface area contributed by atoms with Crippen LogP contribution in [-0.2, 0) is 6.42 Å². The van der Waals surface area contributed by atoms with Crippen LogP contribution in [0.4, 0.5) is 0 Å². The van der Waals surface area contributed by atoms with Crippen molar-refractivity contribution in [1.82, 2.24) is 5.32 Å². The van der Waals surface area contributed by atoms with Crippen molar-refractivity contribution in [2.24, 2.45) is 0 Å². The van der Waals surface area contributed by atoms with Crippen molar-refractivity contribution >= 4 is 0 Å². The summed E-state index contributed by atoms with van der Waals surface area (Å²) in [7, 11) is 0. The first-order chi connectivity index (χ1) is 10.3. The van der Waals surface area contributed by atoms with Crippen LogP contribution in [0, 0.1) is 0 Å². The fourth-order valence-corrected chi connectivity index (χ4v) is 2.70. The molecule has 1 N–H and O–H groups in total. The number of hydrogen-bond acceptors (Lipinski definition) is 1. The third-order valence-corrected chi connectivity index (χ3v) is 4.03. The summed E-state index contributed by atoms with van der Waals surface area (Å²) in [5.74, 6) is 0. The van der Waals surface area contributed by atoms with Crippen LogP contribution in [0.15, 0.2) is 48.5 Å². The van der Waals surface area contributed by atoms with Gasteiger partial charge in [0.25, 0.3) is 0 Å². The number of rotatable bonds is 7. The summed E-state index contributed by atoms with van der Waals surface area (Å²) in [4.78, 5) is 0. The molecule has 1 atom stereocenters. The maximum absolute atomic E-state index is 3.61. The van der Waals surface area contributed by atoms with Gasteiger partial charge in [-0.1, -0.05) is 69.3 Å². The molecule has 0 bridgehead atoms. The molecule has 0 aliphatic heterocycles. The van der Waals surface area contributed by atoms with E-state index in [4.69, 9.17) is 0 Å². The van der Waals surface area contributed by atoms with E-state index in [2.05, 4.69) is 74.6 Å². The molecule has 1 heteroatoms. The molecule has 21 heavy (non-hydrogen) atoms. The van der Waals surface area contributed by atoms with Crippen LogP contribution in [0.2, 0.25) is 0 Å². The van der Waals surface area contributed by atoms with Gasteiger partial charge in [-0.25, -0.2) is 0 Å². The Morgan fingerprint density at radius 2 is 1.67 bits per heavy atom. The van der Waals surface area contributed by atoms with Crippen LogP contribution >= 0.6 is 0 Å². The summed E-state index contributed by atoms with van der Waals surface area (Å²) in [6.07, 6.45) is 3.40. The predicted octanol–water partition coefficient (Wildman–Crippen LogP) is 5.37. The summed E-state index contributed by atoms with van der Waals surface area (Å²) < 4.78 is 0. The summed E-state index contributed by atoms with van der Waals surface area (Å²) in [5, 5.41) is 3.61. The molecule has 2 rings (SSSR count). The number of hydrogen-bond donors (Lipinski definition) is 1. The van der Waals surface area contributed by atoms with Gasteiger partial charge in [0.05, 0.1) is 0 Å². The van der Waals surface area contributed by atoms with Gasteiger partial charge in [-0.05, 0) is 48.1 Å². The molecule has 1 unspecified atom stereocenters. The Morgan fingerprint density at radius 3 is 2.29 bits per heavy atom. The molecule has 112 valence electrons. The topological polar surface area (TPSA) is 12.0 Å². The molecule has 0 saturated heterocycles. The van der Waals surface area contributed by atoms with E-state index in [1.165, 1.54) is 28.7 Å². The Morgan fingerprint density at radius 1 is 0.905 bits per heavy atom. The van der Waals surface area contributed by atoms with Crippen LogP contribution in [0.1, 0.15) is 50.8 Å². The minimum atomic E-state index is 0.473. The first kappa shape index (κ1) is 15.8. The van der Waals surface area contributed by atoms with Gasteiger partial charge in [0.15, 0.2) is 0 Å². The number of nitrogens with one attached hydrogen (secondary N) is 1. The monoisotopic (exact) mass is 281 g/mol. The van der Waals surface area contributed by atoms with E-state index in [9.17, 15) is 0 Å². The first-order valence-corrected chi connectivity index (χ1v) is 8.21. The second-order valence-electron chi connectivity index (χ2n) is 5.59. The molecule has 0 radical (unpaired) electrons. The van der Waals surface area contributed by atoms with Gasteiger partial charge in [-0.2, -0.15) is 0 Å². The van der Waals surface area contributed by atoms with Crippen LogP contribution in [0.25, 0.3) is 11.1 Å². The molecule has 0 fully saturated rings. The fourth-order valence-electron chi connectivity index (χ4n) is 2.70. The van der Waals surface area contributed by atoms with Crippen molar-refractivity contribution in [2.75, 3.05) is 6.54 Å². The van der Waals surface area contributed by atoms with Gasteiger partial charge in [0, 0.05) is 6.04 Å². The Kier molecular flexibility index (Phi) is 6.01. The lowest BCUT2D eigenvalue weighted by molar-refractivity contribution is 0.518. The summed E-state index contributed by atoms with van der Waals surface area (Å²) >= 11 is 0. The molecule has 2 aromatic rings. The molecular weight excluding hydrogens is 254 g/mol. The normalized spacial score (nSPS) is 12.3. The Hall–Kier alpha value is -1.60. The number of aryl methyl sites for hydroxylation is 1. The average molecular weight is 281 g/mol. The standard InChI is InChI=1S/C20H27N/c1-4-14-21-20(6-3)18-12-10-17(11-13-18)19-9-7-8-16(5-2)15-19/h7-13,15,20-21H,4-6,14H2,1-3H3. The van der Waals surface area contributed by atoms with Crippen molar-refractivity contribution in [3.8, 4) is 11.1 Å². The molecule has 0 spiro atoms. The van der Waals surface area contributed by atoms with Crippen LogP contribution in [0.3, 0.4) is 0 Å². The van der Waals surface area contributed by atoms with E-state index in [0.717, 1.165) is 19.4 Å². The molecule has 0 saturated carbocycles. The first-order valence-electron chi connectivity index (χ1n) is 8.21. The van der Waals surface area contributed by atoms with Crippen molar-refractivity contribution in [1.29, 1.82) is 0 Å². The predicted molar refractivity (Wildman–Crippen MR) is 92.6 cm³/mol. The van der Waals surface area contributed by atoms with Crippen molar-refractivity contribution in [3.05, 3.63) is 59.7 Å². The van der Waals surface area contributed by atoms with Gasteiger partial charge in [0.2, 0.25) is 0 Å². The Balaban J connectivity index is 2.17. The maximum Gasteiger partial charge on any atom is 0.0317 e. The van der Waals surface area contributed by atoms with E-state index in [-0.39, 0.29) is 0 Å². The molecular formula is C20H27N. The zero-order valence-corrected chi connectivity index (χ0v) is 13.5. The van der Waals surface area contributed by atoms with Gasteiger partial charge >= 0.3 is 0 Å². The zero-order valence-electron chi connectivity index (χ0n) is 13.5. The molecule has 2 aromatic carbocycles. The van der Waals surface area contributed by atoms with Crippen molar-refractivity contribution in [3.63, 3.8) is 0 Å². The van der Waals surface area contributed by atoms with E-state index in [0.29, 0.717) is 6.04 Å². The highest BCUT2D eigenvalue weighted by Crippen LogP contribution is 2.24. The molecule has 0 aliphatic rings. The largest absolute Gasteiger partial charge is 0.310 e. The van der Waals surface area contributed by atoms with E-state index in [1.807, 2.05) is 0 Å². The SMILES string of the molecule is CCCNC(CC)c1ccc(-c2cccc(CC)c2)cc1. The summed E-state index contributed by atoms with van der Waals surface area (Å²) in [6.45, 7) is 7.74. The number of benzene rings is 2. The quantitative estimate of drug-likeness (QED) is 0.719. The van der Waals surface area contributed by atoms with Crippen LogP contribution in [-0.4, -0.2) is 6.54 Å². The lowest BCUT2D eigenvalue weighted by Crippen LogP contribution is -2.21. The van der Waals surface area contributed by atoms with Crippen LogP contribution < -0.4 is 5.32 Å². The molecule has 0 heterocycles. The molecule has 1 nitrogen and oxygen atoms in total. The van der Waals surface area contributed by atoms with Gasteiger partial charge < -0.3 is 5.32 Å². The third kappa shape index (κ3) is 4.18. The van der Waals surface area contributed by atoms with Crippen molar-refractivity contribution < 1.29 is 0 Å². The fraction of sp³-hybridized carbons (Fsp3) is 0.400. The lowest BCUT2D eigenvalue weighted by atomic mass is 9.98. The minimum Gasteiger partial charge on any atom is -0.310 e. The van der Waals surface area contributed by atoms with Gasteiger partial charge in [-0.3, -0.25) is 0 Å². The smallest absolute Gasteiger partial charge is 0.0317 e. The van der Waals surface area contributed by atoms with E-state index in [1.54, 1.807) is 0 Å². The zero-order chi connectivity index (χ0) is 15.1. The Bertz CT molecular complexity index is 542. The summed E-state index contributed by atoms with van der Waals surface area (Å²) in [6, 6.07) is 18.3. The molecule has 0 aromatic heterocycles. The van der Waals surface area contributed by atoms with Gasteiger partial charge in [-0.15, -0.1) is 0 Å². The second kappa shape index (κ2) is 7.99. The molecule has 0 aliphatic carbocycles. The highest BCUT2D eigenvalue weighted by Gasteiger charge is 2.08. The molecule has 0 amide bonds. The minimum absolute atomic E-state index is 0.473. The highest BCUT2D eigenvalue weighted by molar-refractivity contribution is 5.64. The van der Waals surface area contributed by atoms with E-state index < -0.39 is 0 Å². The second-order valence-corrected chi connectivity index (χ2v) is 5.59. The lowest BCUT2D eigenvalue weighted by Gasteiger charge is -2.17.